The zero-order chi connectivity index (χ0) is 14.1. The molecule has 6 heteroatoms. The molecule has 0 aliphatic heterocycles. The van der Waals surface area contributed by atoms with E-state index in [0.29, 0.717) is 17.6 Å². The van der Waals surface area contributed by atoms with E-state index in [4.69, 9.17) is 5.26 Å². The first-order valence-electron chi connectivity index (χ1n) is 6.60. The zero-order valence-corrected chi connectivity index (χ0v) is 12.2. The third-order valence-corrected chi connectivity index (χ3v) is 4.25. The number of rotatable bonds is 4. The minimum atomic E-state index is 0.155. The Labute approximate surface area is 121 Å². The number of aryl methyl sites for hydroxylation is 2. The van der Waals surface area contributed by atoms with Crippen molar-refractivity contribution in [2.24, 2.45) is 5.92 Å². The highest BCUT2D eigenvalue weighted by Crippen LogP contribution is 2.43. The van der Waals surface area contributed by atoms with E-state index >= 15 is 0 Å². The van der Waals surface area contributed by atoms with Gasteiger partial charge >= 0.3 is 0 Å². The zero-order valence-electron chi connectivity index (χ0n) is 11.4. The van der Waals surface area contributed by atoms with Crippen molar-refractivity contribution in [1.29, 1.82) is 5.26 Å². The first kappa shape index (κ1) is 13.0. The predicted octanol–water partition coefficient (Wildman–Crippen LogP) is 2.98. The molecule has 1 atom stereocenters. The van der Waals surface area contributed by atoms with Crippen LogP contribution in [0, 0.1) is 31.1 Å². The summed E-state index contributed by atoms with van der Waals surface area (Å²) in [5, 5.41) is 13.4. The van der Waals surface area contributed by atoms with Gasteiger partial charge in [0.1, 0.15) is 16.8 Å². The van der Waals surface area contributed by atoms with Crippen LogP contribution in [0.2, 0.25) is 0 Å². The van der Waals surface area contributed by atoms with Gasteiger partial charge in [-0.1, -0.05) is 0 Å². The lowest BCUT2D eigenvalue weighted by Crippen LogP contribution is -2.15. The molecule has 0 spiro atoms. The van der Waals surface area contributed by atoms with E-state index < -0.39 is 0 Å². The van der Waals surface area contributed by atoms with Gasteiger partial charge in [0.15, 0.2) is 0 Å². The Bertz CT molecular complexity index is 668. The molecule has 0 aromatic carbocycles. The van der Waals surface area contributed by atoms with E-state index in [1.807, 2.05) is 13.1 Å². The fraction of sp³-hybridized carbons (Fsp3) is 0.429. The van der Waals surface area contributed by atoms with E-state index in [1.54, 1.807) is 17.4 Å². The average Bonchev–Trinajstić information content (AvgIpc) is 3.17. The van der Waals surface area contributed by atoms with Crippen molar-refractivity contribution in [1.82, 2.24) is 15.0 Å². The topological polar surface area (TPSA) is 74.5 Å². The predicted molar refractivity (Wildman–Crippen MR) is 77.4 cm³/mol. The number of hydrogen-bond donors (Lipinski definition) is 1. The minimum absolute atomic E-state index is 0.155. The van der Waals surface area contributed by atoms with Crippen LogP contribution in [0.4, 0.5) is 5.95 Å². The van der Waals surface area contributed by atoms with Gasteiger partial charge in [0.2, 0.25) is 5.95 Å². The van der Waals surface area contributed by atoms with Crippen molar-refractivity contribution in [2.45, 2.75) is 32.7 Å². The Morgan fingerprint density at radius 3 is 2.80 bits per heavy atom. The number of aromatic nitrogens is 3. The van der Waals surface area contributed by atoms with Crippen molar-refractivity contribution in [3.63, 3.8) is 0 Å². The van der Waals surface area contributed by atoms with E-state index in [2.05, 4.69) is 33.3 Å². The third kappa shape index (κ3) is 2.78. The summed E-state index contributed by atoms with van der Waals surface area (Å²) in [6.45, 7) is 3.93. The van der Waals surface area contributed by atoms with Crippen LogP contribution in [0.5, 0.6) is 0 Å². The maximum Gasteiger partial charge on any atom is 0.224 e. The number of thiazole rings is 1. The van der Waals surface area contributed by atoms with E-state index in [9.17, 15) is 0 Å². The van der Waals surface area contributed by atoms with Gasteiger partial charge in [-0.15, -0.1) is 11.3 Å². The van der Waals surface area contributed by atoms with Crippen molar-refractivity contribution >= 4 is 17.3 Å². The number of nitrogens with zero attached hydrogens (tertiary/aromatic N) is 4. The highest BCUT2D eigenvalue weighted by atomic mass is 32.1. The molecule has 2 aromatic rings. The van der Waals surface area contributed by atoms with Crippen LogP contribution >= 0.6 is 11.3 Å². The monoisotopic (exact) mass is 285 g/mol. The second-order valence-electron chi connectivity index (χ2n) is 5.10. The summed E-state index contributed by atoms with van der Waals surface area (Å²) in [6, 6.07) is 3.91. The summed E-state index contributed by atoms with van der Waals surface area (Å²) >= 11 is 1.70. The first-order chi connectivity index (χ1) is 9.65. The molecule has 2 heterocycles. The fourth-order valence-corrected chi connectivity index (χ4v) is 3.08. The van der Waals surface area contributed by atoms with Crippen LogP contribution < -0.4 is 5.32 Å². The minimum Gasteiger partial charge on any atom is -0.345 e. The Morgan fingerprint density at radius 2 is 2.20 bits per heavy atom. The molecule has 1 saturated carbocycles. The summed E-state index contributed by atoms with van der Waals surface area (Å²) in [7, 11) is 0. The molecule has 1 fully saturated rings. The van der Waals surface area contributed by atoms with Crippen LogP contribution in [0.15, 0.2) is 12.3 Å². The molecule has 3 rings (SSSR count). The van der Waals surface area contributed by atoms with Gasteiger partial charge in [-0.3, -0.25) is 0 Å². The summed E-state index contributed by atoms with van der Waals surface area (Å²) in [6.07, 6.45) is 4.30. The molecule has 2 aromatic heterocycles. The van der Waals surface area contributed by atoms with Crippen LogP contribution in [0.1, 0.15) is 40.2 Å². The van der Waals surface area contributed by atoms with Gasteiger partial charge in [0.25, 0.3) is 0 Å². The van der Waals surface area contributed by atoms with Crippen molar-refractivity contribution < 1.29 is 0 Å². The molecule has 20 heavy (non-hydrogen) atoms. The number of hydrogen-bond acceptors (Lipinski definition) is 6. The Kier molecular flexibility index (Phi) is 3.36. The summed E-state index contributed by atoms with van der Waals surface area (Å²) < 4.78 is 0. The molecule has 0 bridgehead atoms. The van der Waals surface area contributed by atoms with Gasteiger partial charge in [0.05, 0.1) is 6.04 Å². The molecular weight excluding hydrogens is 270 g/mol. The standard InChI is InChI=1S/C14H15N5S/c1-8-5-11(6-15)18-14(17-8)19-12(10-3-4-10)13-16-7-9(2)20-13/h5,7,10,12H,3-4H2,1-2H3,(H,17,18,19)/t12-/m1/s1. The molecule has 102 valence electrons. The van der Waals surface area contributed by atoms with Crippen LogP contribution in [0.3, 0.4) is 0 Å². The van der Waals surface area contributed by atoms with Gasteiger partial charge in [-0.25, -0.2) is 15.0 Å². The SMILES string of the molecule is Cc1cc(C#N)nc(N[C@@H](c2ncc(C)s2)C2CC2)n1. The second kappa shape index (κ2) is 5.17. The largest absolute Gasteiger partial charge is 0.345 e. The van der Waals surface area contributed by atoms with Crippen LogP contribution in [-0.2, 0) is 0 Å². The normalized spacial score (nSPS) is 15.7. The lowest BCUT2D eigenvalue weighted by atomic mass is 10.2. The lowest BCUT2D eigenvalue weighted by Gasteiger charge is -2.16. The Morgan fingerprint density at radius 1 is 1.40 bits per heavy atom. The molecule has 0 radical (unpaired) electrons. The van der Waals surface area contributed by atoms with E-state index in [0.717, 1.165) is 10.7 Å². The summed E-state index contributed by atoms with van der Waals surface area (Å²) in [4.78, 5) is 14.3. The van der Waals surface area contributed by atoms with Crippen molar-refractivity contribution in [3.8, 4) is 6.07 Å². The Balaban J connectivity index is 1.87. The number of anilines is 1. The second-order valence-corrected chi connectivity index (χ2v) is 6.36. The summed E-state index contributed by atoms with van der Waals surface area (Å²) in [5.41, 5.74) is 1.19. The van der Waals surface area contributed by atoms with E-state index in [1.165, 1.54) is 17.7 Å². The van der Waals surface area contributed by atoms with E-state index in [-0.39, 0.29) is 6.04 Å². The highest BCUT2D eigenvalue weighted by Gasteiger charge is 2.34. The van der Waals surface area contributed by atoms with Crippen molar-refractivity contribution in [3.05, 3.63) is 33.5 Å². The number of nitriles is 1. The quantitative estimate of drug-likeness (QED) is 0.934. The van der Waals surface area contributed by atoms with Crippen LogP contribution in [-0.4, -0.2) is 15.0 Å². The van der Waals surface area contributed by atoms with Gasteiger partial charge in [-0.05, 0) is 38.7 Å². The maximum absolute atomic E-state index is 8.98. The highest BCUT2D eigenvalue weighted by molar-refractivity contribution is 7.11. The maximum atomic E-state index is 8.98. The lowest BCUT2D eigenvalue weighted by molar-refractivity contribution is 0.665. The fourth-order valence-electron chi connectivity index (χ4n) is 2.16. The Hall–Kier alpha value is -2.00. The van der Waals surface area contributed by atoms with Crippen LogP contribution in [0.25, 0.3) is 0 Å². The first-order valence-corrected chi connectivity index (χ1v) is 7.42. The molecule has 0 amide bonds. The molecular formula is C14H15N5S. The van der Waals surface area contributed by atoms with Gasteiger partial charge in [-0.2, -0.15) is 5.26 Å². The molecule has 1 aliphatic carbocycles. The molecule has 5 nitrogen and oxygen atoms in total. The van der Waals surface area contributed by atoms with Gasteiger partial charge in [0, 0.05) is 16.8 Å². The summed E-state index contributed by atoms with van der Waals surface area (Å²) in [5.74, 6) is 1.11. The molecule has 1 aliphatic rings. The average molecular weight is 285 g/mol. The number of nitrogens with one attached hydrogen (secondary N) is 1. The third-order valence-electron chi connectivity index (χ3n) is 3.25. The molecule has 0 saturated heterocycles. The van der Waals surface area contributed by atoms with Gasteiger partial charge < -0.3 is 5.32 Å². The smallest absolute Gasteiger partial charge is 0.224 e. The van der Waals surface area contributed by atoms with Crippen molar-refractivity contribution in [2.75, 3.05) is 5.32 Å². The molecule has 0 unspecified atom stereocenters. The molecule has 1 N–H and O–H groups in total.